The third kappa shape index (κ3) is 3.05. The summed E-state index contributed by atoms with van der Waals surface area (Å²) < 4.78 is 0. The summed E-state index contributed by atoms with van der Waals surface area (Å²) in [6, 6.07) is 0. The van der Waals surface area contributed by atoms with Gasteiger partial charge in [0.15, 0.2) is 0 Å². The van der Waals surface area contributed by atoms with E-state index in [1.165, 1.54) is 6.20 Å². The second-order valence-corrected chi connectivity index (χ2v) is 5.00. The van der Waals surface area contributed by atoms with Gasteiger partial charge in [0.25, 0.3) is 5.91 Å². The van der Waals surface area contributed by atoms with Crippen LogP contribution in [0.1, 0.15) is 21.1 Å². The Morgan fingerprint density at radius 2 is 2.16 bits per heavy atom. The third-order valence-electron chi connectivity index (χ3n) is 2.70. The molecular formula is C12H15N5OS. The molecule has 2 aromatic heterocycles. The number of carbonyl (C=O) groups is 1. The van der Waals surface area contributed by atoms with Crippen LogP contribution in [0.4, 0.5) is 5.82 Å². The standard InChI is InChI=1S/C12H15N5OS/c1-8-10(19-7-16-8)6-17(3)12(18)9-4-15-11(13-2)5-14-9/h4-5,7H,6H2,1-3H3,(H,13,15). The Labute approximate surface area is 115 Å². The van der Waals surface area contributed by atoms with Crippen LogP contribution < -0.4 is 5.32 Å². The van der Waals surface area contributed by atoms with Gasteiger partial charge in [-0.25, -0.2) is 15.0 Å². The first kappa shape index (κ1) is 13.4. The number of thiazole rings is 1. The minimum Gasteiger partial charge on any atom is -0.372 e. The number of carbonyl (C=O) groups excluding carboxylic acids is 1. The molecule has 6 nitrogen and oxygen atoms in total. The fraction of sp³-hybridized carbons (Fsp3) is 0.333. The van der Waals surface area contributed by atoms with Crippen molar-refractivity contribution >= 4 is 23.1 Å². The van der Waals surface area contributed by atoms with Crippen LogP contribution in [0, 0.1) is 6.92 Å². The molecule has 0 atom stereocenters. The van der Waals surface area contributed by atoms with Crippen molar-refractivity contribution in [2.75, 3.05) is 19.4 Å². The number of amides is 1. The number of rotatable bonds is 4. The van der Waals surface area contributed by atoms with Crippen LogP contribution in [0.5, 0.6) is 0 Å². The number of nitrogens with zero attached hydrogens (tertiary/aromatic N) is 4. The molecule has 0 unspecified atom stereocenters. The lowest BCUT2D eigenvalue weighted by molar-refractivity contribution is 0.0780. The predicted molar refractivity (Wildman–Crippen MR) is 74.2 cm³/mol. The maximum absolute atomic E-state index is 12.2. The summed E-state index contributed by atoms with van der Waals surface area (Å²) in [5.41, 5.74) is 3.08. The topological polar surface area (TPSA) is 71.0 Å². The molecule has 0 aromatic carbocycles. The van der Waals surface area contributed by atoms with Crippen LogP contribution >= 0.6 is 11.3 Å². The third-order valence-corrected chi connectivity index (χ3v) is 3.62. The predicted octanol–water partition coefficient (Wildman–Crippen LogP) is 1.56. The van der Waals surface area contributed by atoms with Crippen LogP contribution in [-0.4, -0.2) is 39.9 Å². The zero-order chi connectivity index (χ0) is 13.8. The normalized spacial score (nSPS) is 10.3. The molecule has 2 rings (SSSR count). The number of hydrogen-bond acceptors (Lipinski definition) is 6. The van der Waals surface area contributed by atoms with Crippen molar-refractivity contribution in [2.24, 2.45) is 0 Å². The van der Waals surface area contributed by atoms with Gasteiger partial charge in [-0.1, -0.05) is 0 Å². The molecule has 7 heteroatoms. The summed E-state index contributed by atoms with van der Waals surface area (Å²) in [4.78, 5) is 27.2. The highest BCUT2D eigenvalue weighted by atomic mass is 32.1. The summed E-state index contributed by atoms with van der Waals surface area (Å²) in [5.74, 6) is 0.487. The molecule has 1 amide bonds. The lowest BCUT2D eigenvalue weighted by Gasteiger charge is -2.15. The van der Waals surface area contributed by atoms with Crippen molar-refractivity contribution in [1.29, 1.82) is 0 Å². The van der Waals surface area contributed by atoms with Crippen LogP contribution in [0.3, 0.4) is 0 Å². The van der Waals surface area contributed by atoms with Crippen molar-refractivity contribution in [1.82, 2.24) is 19.9 Å². The second kappa shape index (κ2) is 5.75. The van der Waals surface area contributed by atoms with Gasteiger partial charge in [0.05, 0.1) is 30.1 Å². The molecule has 0 bridgehead atoms. The minimum absolute atomic E-state index is 0.150. The van der Waals surface area contributed by atoms with E-state index in [0.717, 1.165) is 10.6 Å². The SMILES string of the molecule is CNc1cnc(C(=O)N(C)Cc2scnc2C)cn1. The van der Waals surface area contributed by atoms with Gasteiger partial charge in [-0.05, 0) is 6.92 Å². The fourth-order valence-electron chi connectivity index (χ4n) is 1.53. The van der Waals surface area contributed by atoms with Gasteiger partial charge < -0.3 is 10.2 Å². The number of aryl methyl sites for hydroxylation is 1. The van der Waals surface area contributed by atoms with E-state index in [0.29, 0.717) is 18.1 Å². The summed E-state index contributed by atoms with van der Waals surface area (Å²) >= 11 is 1.55. The molecule has 0 saturated carbocycles. The summed E-state index contributed by atoms with van der Waals surface area (Å²) in [6.07, 6.45) is 3.02. The van der Waals surface area contributed by atoms with Gasteiger partial charge in [0, 0.05) is 19.0 Å². The first-order chi connectivity index (χ1) is 9.11. The second-order valence-electron chi connectivity index (χ2n) is 4.06. The van der Waals surface area contributed by atoms with Crippen molar-refractivity contribution in [2.45, 2.75) is 13.5 Å². The van der Waals surface area contributed by atoms with Crippen molar-refractivity contribution in [3.63, 3.8) is 0 Å². The van der Waals surface area contributed by atoms with Crippen LogP contribution in [0.25, 0.3) is 0 Å². The van der Waals surface area contributed by atoms with E-state index in [4.69, 9.17) is 0 Å². The largest absolute Gasteiger partial charge is 0.372 e. The Morgan fingerprint density at radius 1 is 1.37 bits per heavy atom. The smallest absolute Gasteiger partial charge is 0.274 e. The molecule has 0 fully saturated rings. The maximum Gasteiger partial charge on any atom is 0.274 e. The van der Waals surface area contributed by atoms with Gasteiger partial charge in [-0.15, -0.1) is 11.3 Å². The maximum atomic E-state index is 12.2. The van der Waals surface area contributed by atoms with E-state index in [9.17, 15) is 4.79 Å². The first-order valence-electron chi connectivity index (χ1n) is 5.76. The van der Waals surface area contributed by atoms with Gasteiger partial charge in [0.2, 0.25) is 0 Å². The van der Waals surface area contributed by atoms with E-state index >= 15 is 0 Å². The Hall–Kier alpha value is -2.02. The first-order valence-corrected chi connectivity index (χ1v) is 6.64. The molecular weight excluding hydrogens is 262 g/mol. The molecule has 0 saturated heterocycles. The van der Waals surface area contributed by atoms with Gasteiger partial charge >= 0.3 is 0 Å². The molecule has 100 valence electrons. The zero-order valence-electron chi connectivity index (χ0n) is 11.0. The average molecular weight is 277 g/mol. The summed E-state index contributed by atoms with van der Waals surface area (Å²) in [6.45, 7) is 2.47. The van der Waals surface area contributed by atoms with Gasteiger partial charge in [0.1, 0.15) is 11.5 Å². The van der Waals surface area contributed by atoms with Crippen LogP contribution in [-0.2, 0) is 6.54 Å². The number of nitrogens with one attached hydrogen (secondary N) is 1. The number of anilines is 1. The average Bonchev–Trinajstić information content (AvgIpc) is 2.83. The van der Waals surface area contributed by atoms with Gasteiger partial charge in [-0.2, -0.15) is 0 Å². The van der Waals surface area contributed by atoms with Crippen molar-refractivity contribution in [3.05, 3.63) is 34.2 Å². The highest BCUT2D eigenvalue weighted by Gasteiger charge is 2.15. The highest BCUT2D eigenvalue weighted by molar-refractivity contribution is 7.09. The van der Waals surface area contributed by atoms with Gasteiger partial charge in [-0.3, -0.25) is 4.79 Å². The van der Waals surface area contributed by atoms with E-state index in [-0.39, 0.29) is 5.91 Å². The van der Waals surface area contributed by atoms with E-state index in [1.807, 2.05) is 6.92 Å². The lowest BCUT2D eigenvalue weighted by Crippen LogP contribution is -2.27. The zero-order valence-corrected chi connectivity index (χ0v) is 11.9. The number of aromatic nitrogens is 3. The minimum atomic E-state index is -0.150. The molecule has 0 aliphatic rings. The quantitative estimate of drug-likeness (QED) is 0.918. The number of hydrogen-bond donors (Lipinski definition) is 1. The van der Waals surface area contributed by atoms with Crippen molar-refractivity contribution < 1.29 is 4.79 Å². The molecule has 2 aromatic rings. The van der Waals surface area contributed by atoms with E-state index < -0.39 is 0 Å². The summed E-state index contributed by atoms with van der Waals surface area (Å²) in [5, 5.41) is 2.86. The Balaban J connectivity index is 2.08. The molecule has 0 aliphatic heterocycles. The molecule has 2 heterocycles. The molecule has 0 spiro atoms. The Bertz CT molecular complexity index is 566. The Morgan fingerprint density at radius 3 is 2.68 bits per heavy atom. The monoisotopic (exact) mass is 277 g/mol. The molecule has 0 aliphatic carbocycles. The molecule has 0 radical (unpaired) electrons. The summed E-state index contributed by atoms with van der Waals surface area (Å²) in [7, 11) is 3.50. The highest BCUT2D eigenvalue weighted by Crippen LogP contribution is 2.15. The van der Waals surface area contributed by atoms with E-state index in [2.05, 4.69) is 20.3 Å². The molecule has 19 heavy (non-hydrogen) atoms. The molecule has 1 N–H and O–H groups in total. The van der Waals surface area contributed by atoms with Crippen LogP contribution in [0.15, 0.2) is 17.9 Å². The van der Waals surface area contributed by atoms with Crippen molar-refractivity contribution in [3.8, 4) is 0 Å². The van der Waals surface area contributed by atoms with Crippen LogP contribution in [0.2, 0.25) is 0 Å². The van der Waals surface area contributed by atoms with E-state index in [1.54, 1.807) is 42.0 Å². The Kier molecular flexibility index (Phi) is 4.06. The fourth-order valence-corrected chi connectivity index (χ4v) is 2.36. The lowest BCUT2D eigenvalue weighted by atomic mass is 10.3.